The Morgan fingerprint density at radius 2 is 1.87 bits per heavy atom. The number of carbonyl (C=O) groups is 2. The molecule has 0 radical (unpaired) electrons. The summed E-state index contributed by atoms with van der Waals surface area (Å²) in [5.74, 6) is 0.641. The summed E-state index contributed by atoms with van der Waals surface area (Å²) >= 11 is 1.34. The molecule has 0 bridgehead atoms. The molecule has 0 N–H and O–H groups in total. The summed E-state index contributed by atoms with van der Waals surface area (Å²) in [5.41, 5.74) is 1.95. The molecule has 0 aliphatic carbocycles. The molecule has 0 atom stereocenters. The number of esters is 1. The molecule has 2 aromatic carbocycles. The number of fused-ring (bicyclic) bond motifs is 2. The third kappa shape index (κ3) is 4.54. The van der Waals surface area contributed by atoms with Gasteiger partial charge in [0.25, 0.3) is 0 Å². The van der Waals surface area contributed by atoms with Crippen LogP contribution in [0.2, 0.25) is 0 Å². The van der Waals surface area contributed by atoms with Gasteiger partial charge in [-0.3, -0.25) is 9.59 Å². The molecular formula is C22H22N2O5S. The Morgan fingerprint density at radius 3 is 2.60 bits per heavy atom. The molecule has 4 rings (SSSR count). The van der Waals surface area contributed by atoms with E-state index in [1.54, 1.807) is 4.57 Å². The molecule has 8 heteroatoms. The Labute approximate surface area is 177 Å². The number of carbonyl (C=O) groups excluding carboxylic acids is 2. The number of benzene rings is 2. The SMILES string of the molecule is COC(=O)Cn1c(=NC(=O)CCCc2ccccc2)sc2cc3c(cc21)OCCO3. The third-order valence-corrected chi connectivity index (χ3v) is 5.82. The summed E-state index contributed by atoms with van der Waals surface area (Å²) in [6.07, 6.45) is 1.87. The van der Waals surface area contributed by atoms with Crippen LogP contribution in [0, 0.1) is 0 Å². The minimum atomic E-state index is -0.414. The number of thiazole rings is 1. The van der Waals surface area contributed by atoms with Gasteiger partial charge in [-0.15, -0.1) is 0 Å². The normalized spacial score (nSPS) is 13.4. The Balaban J connectivity index is 1.61. The predicted molar refractivity (Wildman–Crippen MR) is 113 cm³/mol. The summed E-state index contributed by atoms with van der Waals surface area (Å²) in [6.45, 7) is 0.923. The molecule has 7 nitrogen and oxygen atoms in total. The van der Waals surface area contributed by atoms with Gasteiger partial charge in [0.1, 0.15) is 19.8 Å². The van der Waals surface area contributed by atoms with Gasteiger partial charge < -0.3 is 18.8 Å². The third-order valence-electron chi connectivity index (χ3n) is 4.78. The summed E-state index contributed by atoms with van der Waals surface area (Å²) in [6, 6.07) is 13.7. The van der Waals surface area contributed by atoms with E-state index in [1.165, 1.54) is 24.0 Å². The van der Waals surface area contributed by atoms with Gasteiger partial charge in [-0.1, -0.05) is 41.7 Å². The molecule has 3 aromatic rings. The van der Waals surface area contributed by atoms with Gasteiger partial charge in [-0.2, -0.15) is 4.99 Å². The molecule has 1 aromatic heterocycles. The maximum Gasteiger partial charge on any atom is 0.325 e. The van der Waals surface area contributed by atoms with E-state index in [1.807, 2.05) is 42.5 Å². The van der Waals surface area contributed by atoms with Crippen molar-refractivity contribution >= 4 is 33.4 Å². The van der Waals surface area contributed by atoms with Crippen molar-refractivity contribution in [1.82, 2.24) is 4.57 Å². The zero-order chi connectivity index (χ0) is 20.9. The molecule has 1 aliphatic heterocycles. The minimum absolute atomic E-state index is 0.0354. The fourth-order valence-corrected chi connectivity index (χ4v) is 4.35. The molecule has 0 fully saturated rings. The van der Waals surface area contributed by atoms with Crippen LogP contribution in [0.25, 0.3) is 10.2 Å². The first-order chi connectivity index (χ1) is 14.6. The van der Waals surface area contributed by atoms with Crippen molar-refractivity contribution in [2.24, 2.45) is 4.99 Å². The molecular weight excluding hydrogens is 404 g/mol. The second kappa shape index (κ2) is 9.13. The fraction of sp³-hybridized carbons (Fsp3) is 0.318. The van der Waals surface area contributed by atoms with Crippen LogP contribution >= 0.6 is 11.3 Å². The van der Waals surface area contributed by atoms with Gasteiger partial charge in [0, 0.05) is 18.6 Å². The van der Waals surface area contributed by atoms with Gasteiger partial charge in [0.05, 0.1) is 17.3 Å². The lowest BCUT2D eigenvalue weighted by atomic mass is 10.1. The molecule has 0 spiro atoms. The van der Waals surface area contributed by atoms with E-state index in [0.717, 1.165) is 16.6 Å². The average molecular weight is 426 g/mol. The lowest BCUT2D eigenvalue weighted by Crippen LogP contribution is -2.22. The highest BCUT2D eigenvalue weighted by Gasteiger charge is 2.18. The number of amides is 1. The number of rotatable bonds is 6. The molecule has 0 saturated carbocycles. The fourth-order valence-electron chi connectivity index (χ4n) is 3.29. The number of ether oxygens (including phenoxy) is 3. The van der Waals surface area contributed by atoms with Crippen molar-refractivity contribution in [3.8, 4) is 11.5 Å². The van der Waals surface area contributed by atoms with Crippen molar-refractivity contribution in [1.29, 1.82) is 0 Å². The van der Waals surface area contributed by atoms with E-state index in [2.05, 4.69) is 4.99 Å². The molecule has 1 aliphatic rings. The van der Waals surface area contributed by atoms with Gasteiger partial charge in [-0.25, -0.2) is 0 Å². The Morgan fingerprint density at radius 1 is 1.13 bits per heavy atom. The van der Waals surface area contributed by atoms with E-state index >= 15 is 0 Å². The summed E-state index contributed by atoms with van der Waals surface area (Å²) in [7, 11) is 1.34. The van der Waals surface area contributed by atoms with E-state index in [0.29, 0.717) is 42.4 Å². The highest BCUT2D eigenvalue weighted by Crippen LogP contribution is 2.35. The van der Waals surface area contributed by atoms with Crippen LogP contribution in [0.15, 0.2) is 47.5 Å². The smallest absolute Gasteiger partial charge is 0.325 e. The molecule has 2 heterocycles. The van der Waals surface area contributed by atoms with Crippen molar-refractivity contribution < 1.29 is 23.8 Å². The van der Waals surface area contributed by atoms with E-state index in [4.69, 9.17) is 14.2 Å². The quantitative estimate of drug-likeness (QED) is 0.566. The first-order valence-electron chi connectivity index (χ1n) is 9.75. The van der Waals surface area contributed by atoms with Crippen LogP contribution in [0.1, 0.15) is 18.4 Å². The molecule has 1 amide bonds. The van der Waals surface area contributed by atoms with Crippen molar-refractivity contribution in [3.63, 3.8) is 0 Å². The van der Waals surface area contributed by atoms with Crippen LogP contribution in [0.4, 0.5) is 0 Å². The maximum atomic E-state index is 12.5. The monoisotopic (exact) mass is 426 g/mol. The van der Waals surface area contributed by atoms with Gasteiger partial charge in [-0.05, 0) is 18.4 Å². The van der Waals surface area contributed by atoms with Gasteiger partial charge in [0.15, 0.2) is 16.3 Å². The second-order valence-electron chi connectivity index (χ2n) is 6.86. The predicted octanol–water partition coefficient (Wildman–Crippen LogP) is 3.10. The zero-order valence-electron chi connectivity index (χ0n) is 16.6. The number of aryl methyl sites for hydroxylation is 1. The second-order valence-corrected chi connectivity index (χ2v) is 7.86. The van der Waals surface area contributed by atoms with Crippen LogP contribution < -0.4 is 14.3 Å². The highest BCUT2D eigenvalue weighted by molar-refractivity contribution is 7.16. The van der Waals surface area contributed by atoms with E-state index in [-0.39, 0.29) is 12.5 Å². The molecule has 156 valence electrons. The zero-order valence-corrected chi connectivity index (χ0v) is 17.4. The van der Waals surface area contributed by atoms with Crippen LogP contribution in [0.5, 0.6) is 11.5 Å². The topological polar surface area (TPSA) is 79.1 Å². The van der Waals surface area contributed by atoms with Crippen molar-refractivity contribution in [3.05, 3.63) is 52.8 Å². The highest BCUT2D eigenvalue weighted by atomic mass is 32.1. The Kier molecular flexibility index (Phi) is 6.13. The standard InChI is InChI=1S/C22H22N2O5S/c1-27-21(26)14-24-16-12-17-18(29-11-10-28-17)13-19(16)30-22(24)23-20(25)9-5-8-15-6-3-2-4-7-15/h2-4,6-7,12-13H,5,8-11,14H2,1H3. The number of nitrogens with zero attached hydrogens (tertiary/aromatic N) is 2. The number of hydrogen-bond donors (Lipinski definition) is 0. The van der Waals surface area contributed by atoms with E-state index in [9.17, 15) is 9.59 Å². The minimum Gasteiger partial charge on any atom is -0.486 e. The molecule has 0 unspecified atom stereocenters. The summed E-state index contributed by atoms with van der Waals surface area (Å²) < 4.78 is 18.7. The Hall–Kier alpha value is -3.13. The summed E-state index contributed by atoms with van der Waals surface area (Å²) in [4.78, 5) is 29.2. The average Bonchev–Trinajstić information content (AvgIpc) is 3.08. The van der Waals surface area contributed by atoms with Gasteiger partial charge >= 0.3 is 5.97 Å². The molecule has 30 heavy (non-hydrogen) atoms. The summed E-state index contributed by atoms with van der Waals surface area (Å²) in [5, 5.41) is 0. The number of aromatic nitrogens is 1. The molecule has 0 saturated heterocycles. The first-order valence-corrected chi connectivity index (χ1v) is 10.6. The van der Waals surface area contributed by atoms with Crippen molar-refractivity contribution in [2.45, 2.75) is 25.8 Å². The number of hydrogen-bond acceptors (Lipinski definition) is 6. The van der Waals surface area contributed by atoms with Gasteiger partial charge in [0.2, 0.25) is 5.91 Å². The van der Waals surface area contributed by atoms with Crippen LogP contribution in [0.3, 0.4) is 0 Å². The number of methoxy groups -OCH3 is 1. The van der Waals surface area contributed by atoms with Crippen LogP contribution in [-0.2, 0) is 27.3 Å². The van der Waals surface area contributed by atoms with E-state index < -0.39 is 5.97 Å². The van der Waals surface area contributed by atoms with Crippen LogP contribution in [-0.4, -0.2) is 36.8 Å². The lowest BCUT2D eigenvalue weighted by molar-refractivity contribution is -0.141. The Bertz CT molecular complexity index is 1130. The first kappa shape index (κ1) is 20.2. The van der Waals surface area contributed by atoms with Crippen molar-refractivity contribution in [2.75, 3.05) is 20.3 Å². The lowest BCUT2D eigenvalue weighted by Gasteiger charge is -2.18. The largest absolute Gasteiger partial charge is 0.486 e. The maximum absolute atomic E-state index is 12.5.